The zero-order valence-corrected chi connectivity index (χ0v) is 22.4. The summed E-state index contributed by atoms with van der Waals surface area (Å²) in [7, 11) is 2.14. The van der Waals surface area contributed by atoms with Crippen LogP contribution in [0.1, 0.15) is 63.4 Å². The van der Waals surface area contributed by atoms with Crippen LogP contribution in [0.5, 0.6) is 0 Å². The minimum atomic E-state index is -0.586. The highest BCUT2D eigenvalue weighted by molar-refractivity contribution is 6.30. The van der Waals surface area contributed by atoms with Crippen molar-refractivity contribution < 1.29 is 19.1 Å². The molecule has 1 aromatic carbocycles. The molecule has 0 spiro atoms. The van der Waals surface area contributed by atoms with Crippen molar-refractivity contribution in [1.82, 2.24) is 15.1 Å². The molecule has 5 atom stereocenters. The Morgan fingerprint density at radius 2 is 1.92 bits per heavy atom. The average Bonchev–Trinajstić information content (AvgIpc) is 3.51. The van der Waals surface area contributed by atoms with E-state index in [0.717, 1.165) is 24.8 Å². The van der Waals surface area contributed by atoms with E-state index < -0.39 is 18.1 Å². The standard InChI is InChI=1S/C28H38ClN3O4/c1-5-24(33)21-16-20(31(4)17(2)3)10-11-23(21)32-15-14-22(28(32)35)30-27(34)26-13-12-25(36-26)18-6-8-19(29)9-7-18/h6-9,12-13,17,20-24,33H,5,10-11,14-16H2,1-4H3,(H,30,34)/t20-,21-,22?,23+,24?/m1/s1. The minimum absolute atomic E-state index is 0.00807. The van der Waals surface area contributed by atoms with Crippen molar-refractivity contribution in [3.63, 3.8) is 0 Å². The summed E-state index contributed by atoms with van der Waals surface area (Å²) in [5, 5.41) is 14.4. The van der Waals surface area contributed by atoms with Gasteiger partial charge in [0.1, 0.15) is 11.8 Å². The lowest BCUT2D eigenvalue weighted by molar-refractivity contribution is -0.134. The minimum Gasteiger partial charge on any atom is -0.451 e. The highest BCUT2D eigenvalue weighted by atomic mass is 35.5. The molecule has 2 unspecified atom stereocenters. The quantitative estimate of drug-likeness (QED) is 0.537. The molecule has 2 fully saturated rings. The average molecular weight is 516 g/mol. The van der Waals surface area contributed by atoms with Crippen LogP contribution in [0.25, 0.3) is 11.3 Å². The van der Waals surface area contributed by atoms with E-state index in [-0.39, 0.29) is 23.6 Å². The van der Waals surface area contributed by atoms with Gasteiger partial charge in [-0.25, -0.2) is 0 Å². The van der Waals surface area contributed by atoms with Crippen LogP contribution in [-0.2, 0) is 4.79 Å². The Kier molecular flexibility index (Phi) is 8.43. The van der Waals surface area contributed by atoms with Gasteiger partial charge in [0.15, 0.2) is 5.76 Å². The van der Waals surface area contributed by atoms with Crippen LogP contribution < -0.4 is 5.32 Å². The predicted molar refractivity (Wildman–Crippen MR) is 141 cm³/mol. The third-order valence-corrected chi connectivity index (χ3v) is 8.29. The zero-order valence-electron chi connectivity index (χ0n) is 21.6. The summed E-state index contributed by atoms with van der Waals surface area (Å²) in [5.74, 6) is 0.295. The van der Waals surface area contributed by atoms with Crippen molar-refractivity contribution in [3.8, 4) is 11.3 Å². The number of rotatable bonds is 8. The molecular formula is C28H38ClN3O4. The molecule has 1 aromatic heterocycles. The van der Waals surface area contributed by atoms with Crippen molar-refractivity contribution in [2.24, 2.45) is 5.92 Å². The van der Waals surface area contributed by atoms with Crippen molar-refractivity contribution in [2.45, 2.75) is 83.1 Å². The van der Waals surface area contributed by atoms with Crippen LogP contribution in [0.4, 0.5) is 0 Å². The van der Waals surface area contributed by atoms with E-state index in [2.05, 4.69) is 31.1 Å². The lowest BCUT2D eigenvalue weighted by Crippen LogP contribution is -2.54. The highest BCUT2D eigenvalue weighted by Crippen LogP contribution is 2.36. The number of aliphatic hydroxyl groups excluding tert-OH is 1. The Bertz CT molecular complexity index is 1050. The van der Waals surface area contributed by atoms with Gasteiger partial charge in [-0.1, -0.05) is 18.5 Å². The first-order valence-corrected chi connectivity index (χ1v) is 13.4. The summed E-state index contributed by atoms with van der Waals surface area (Å²) in [4.78, 5) is 30.6. The fourth-order valence-electron chi connectivity index (χ4n) is 5.68. The Morgan fingerprint density at radius 1 is 1.19 bits per heavy atom. The number of benzene rings is 1. The fraction of sp³-hybridized carbons (Fsp3) is 0.571. The number of nitrogens with zero attached hydrogens (tertiary/aromatic N) is 2. The molecule has 36 heavy (non-hydrogen) atoms. The van der Waals surface area contributed by atoms with E-state index in [4.69, 9.17) is 16.0 Å². The molecule has 0 bridgehead atoms. The van der Waals surface area contributed by atoms with Crippen LogP contribution in [0.3, 0.4) is 0 Å². The van der Waals surface area contributed by atoms with Gasteiger partial charge in [-0.15, -0.1) is 0 Å². The number of amides is 2. The number of carbonyl (C=O) groups is 2. The van der Waals surface area contributed by atoms with Gasteiger partial charge in [0.05, 0.1) is 6.10 Å². The zero-order chi connectivity index (χ0) is 26.0. The molecule has 1 aliphatic carbocycles. The smallest absolute Gasteiger partial charge is 0.287 e. The first-order chi connectivity index (χ1) is 17.2. The number of nitrogens with one attached hydrogen (secondary N) is 1. The topological polar surface area (TPSA) is 86.0 Å². The molecule has 8 heteroatoms. The van der Waals surface area contributed by atoms with Crippen LogP contribution in [-0.4, -0.2) is 70.6 Å². The van der Waals surface area contributed by atoms with E-state index >= 15 is 0 Å². The van der Waals surface area contributed by atoms with E-state index in [1.165, 1.54) is 0 Å². The molecule has 1 aliphatic heterocycles. The molecule has 1 saturated heterocycles. The first-order valence-electron chi connectivity index (χ1n) is 13.1. The Labute approximate surface area is 218 Å². The summed E-state index contributed by atoms with van der Waals surface area (Å²) in [6.07, 6.45) is 3.49. The third kappa shape index (κ3) is 5.63. The van der Waals surface area contributed by atoms with Crippen LogP contribution >= 0.6 is 11.6 Å². The largest absolute Gasteiger partial charge is 0.451 e. The second-order valence-corrected chi connectivity index (χ2v) is 10.9. The molecule has 2 aliphatic rings. The van der Waals surface area contributed by atoms with Crippen LogP contribution in [0, 0.1) is 5.92 Å². The first kappa shape index (κ1) is 26.7. The Balaban J connectivity index is 1.41. The second kappa shape index (κ2) is 11.4. The van der Waals surface area contributed by atoms with Crippen LogP contribution in [0.15, 0.2) is 40.8 Å². The number of likely N-dealkylation sites (tertiary alicyclic amines) is 1. The molecule has 4 rings (SSSR count). The molecule has 7 nitrogen and oxygen atoms in total. The number of carbonyl (C=O) groups excluding carboxylic acids is 2. The number of hydrogen-bond acceptors (Lipinski definition) is 5. The Hall–Kier alpha value is -2.35. The normalized spacial score (nSPS) is 25.6. The van der Waals surface area contributed by atoms with Gasteiger partial charge < -0.3 is 24.6 Å². The fourth-order valence-corrected chi connectivity index (χ4v) is 5.81. The molecule has 2 heterocycles. The van der Waals surface area contributed by atoms with Crippen molar-refractivity contribution in [2.75, 3.05) is 13.6 Å². The van der Waals surface area contributed by atoms with Gasteiger partial charge in [-0.2, -0.15) is 0 Å². The summed E-state index contributed by atoms with van der Waals surface area (Å²) in [6, 6.07) is 10.8. The third-order valence-electron chi connectivity index (χ3n) is 8.04. The van der Waals surface area contributed by atoms with Gasteiger partial charge in [0, 0.05) is 41.2 Å². The number of aliphatic hydroxyl groups is 1. The van der Waals surface area contributed by atoms with E-state index in [9.17, 15) is 14.7 Å². The van der Waals surface area contributed by atoms with Gasteiger partial charge in [0.2, 0.25) is 5.91 Å². The van der Waals surface area contributed by atoms with Gasteiger partial charge in [-0.3, -0.25) is 9.59 Å². The summed E-state index contributed by atoms with van der Waals surface area (Å²) in [5.41, 5.74) is 0.820. The summed E-state index contributed by atoms with van der Waals surface area (Å²) >= 11 is 5.95. The van der Waals surface area contributed by atoms with Crippen LogP contribution in [0.2, 0.25) is 5.02 Å². The molecular weight excluding hydrogens is 478 g/mol. The van der Waals surface area contributed by atoms with Gasteiger partial charge >= 0.3 is 0 Å². The number of furan rings is 1. The molecule has 2 aromatic rings. The molecule has 1 saturated carbocycles. The van der Waals surface area contributed by atoms with Crippen molar-refractivity contribution in [3.05, 3.63) is 47.2 Å². The maximum absolute atomic E-state index is 13.4. The van der Waals surface area contributed by atoms with Gasteiger partial charge in [-0.05, 0) is 89.4 Å². The van der Waals surface area contributed by atoms with Gasteiger partial charge in [0.25, 0.3) is 5.91 Å². The second-order valence-electron chi connectivity index (χ2n) is 10.5. The summed E-state index contributed by atoms with van der Waals surface area (Å²) in [6.45, 7) is 6.95. The monoisotopic (exact) mass is 515 g/mol. The van der Waals surface area contributed by atoms with E-state index in [0.29, 0.717) is 42.3 Å². The lowest BCUT2D eigenvalue weighted by Gasteiger charge is -2.46. The highest BCUT2D eigenvalue weighted by Gasteiger charge is 2.44. The molecule has 196 valence electrons. The summed E-state index contributed by atoms with van der Waals surface area (Å²) < 4.78 is 5.76. The number of hydrogen-bond donors (Lipinski definition) is 2. The maximum atomic E-state index is 13.4. The molecule has 2 N–H and O–H groups in total. The van der Waals surface area contributed by atoms with E-state index in [1.54, 1.807) is 24.3 Å². The molecule has 0 radical (unpaired) electrons. The van der Waals surface area contributed by atoms with Crippen molar-refractivity contribution in [1.29, 1.82) is 0 Å². The molecule has 2 amide bonds. The number of halogens is 1. The lowest BCUT2D eigenvalue weighted by atomic mass is 9.76. The van der Waals surface area contributed by atoms with E-state index in [1.807, 2.05) is 24.0 Å². The maximum Gasteiger partial charge on any atom is 0.287 e. The van der Waals surface area contributed by atoms with Crippen molar-refractivity contribution >= 4 is 23.4 Å². The Morgan fingerprint density at radius 3 is 2.58 bits per heavy atom. The predicted octanol–water partition coefficient (Wildman–Crippen LogP) is 4.58. The SMILES string of the molecule is CCC(O)[C@@H]1C[C@H](N(C)C(C)C)CC[C@@H]1N1CCC(NC(=O)c2ccc(-c3ccc(Cl)cc3)o2)C1=O.